The van der Waals surface area contributed by atoms with Crippen molar-refractivity contribution in [3.05, 3.63) is 99.5 Å². The smallest absolute Gasteiger partial charge is 0.296 e. The Kier molecular flexibility index (Phi) is 5.46. The van der Waals surface area contributed by atoms with E-state index in [9.17, 15) is 24.8 Å². The summed E-state index contributed by atoms with van der Waals surface area (Å²) in [5.74, 6) is -1.37. The number of rotatable bonds is 6. The molecule has 0 radical (unpaired) electrons. The predicted molar refractivity (Wildman–Crippen MR) is 113 cm³/mol. The number of carbonyl (C=O) groups excluding carboxylic acids is 2. The number of ether oxygens (including phenoxy) is 1. The number of nitro groups is 1. The molecule has 32 heavy (non-hydrogen) atoms. The Morgan fingerprint density at radius 2 is 1.94 bits per heavy atom. The number of aliphatic hydroxyl groups excluding tert-OH is 1. The molecular formula is C23H18N2O7. The molecule has 1 atom stereocenters. The number of hydrogen-bond donors (Lipinski definition) is 1. The number of carbonyl (C=O) groups is 2. The molecule has 1 aliphatic rings. The molecule has 1 aromatic heterocycles. The number of likely N-dealkylation sites (tertiary alicyclic amines) is 1. The molecule has 9 nitrogen and oxygen atoms in total. The zero-order valence-corrected chi connectivity index (χ0v) is 16.9. The summed E-state index contributed by atoms with van der Waals surface area (Å²) >= 11 is 0. The van der Waals surface area contributed by atoms with Crippen LogP contribution < -0.4 is 4.74 Å². The van der Waals surface area contributed by atoms with Gasteiger partial charge in [0.2, 0.25) is 0 Å². The Morgan fingerprint density at radius 1 is 1.16 bits per heavy atom. The lowest BCUT2D eigenvalue weighted by atomic mass is 9.99. The van der Waals surface area contributed by atoms with E-state index in [4.69, 9.17) is 9.15 Å². The summed E-state index contributed by atoms with van der Waals surface area (Å²) in [7, 11) is 1.52. The molecule has 0 bridgehead atoms. The van der Waals surface area contributed by atoms with E-state index in [1.165, 1.54) is 36.5 Å². The average molecular weight is 434 g/mol. The van der Waals surface area contributed by atoms with Crippen LogP contribution in [0, 0.1) is 10.1 Å². The van der Waals surface area contributed by atoms with Crippen LogP contribution in [0.1, 0.15) is 22.9 Å². The standard InChI is InChI=1S/C23H18N2O7/c1-31-17-8-2-5-14(11-17)13-24-20(18-9-4-10-32-18)19(22(27)23(24)28)21(26)15-6-3-7-16(12-15)25(29)30/h2-12,20,26H,13H2,1H3/b21-19-. The molecule has 2 aromatic carbocycles. The first-order chi connectivity index (χ1) is 15.4. The highest BCUT2D eigenvalue weighted by atomic mass is 16.6. The SMILES string of the molecule is COc1cccc(CN2C(=O)C(=O)/C(=C(\O)c3cccc([N+](=O)[O-])c3)C2c2ccco2)c1. The van der Waals surface area contributed by atoms with Gasteiger partial charge in [0.1, 0.15) is 23.3 Å². The third kappa shape index (κ3) is 3.71. The van der Waals surface area contributed by atoms with E-state index in [1.54, 1.807) is 36.4 Å². The third-order valence-electron chi connectivity index (χ3n) is 5.17. The summed E-state index contributed by atoms with van der Waals surface area (Å²) in [6.45, 7) is 0.0544. The molecule has 0 saturated carbocycles. The molecule has 0 aliphatic carbocycles. The van der Waals surface area contributed by atoms with Crippen molar-refractivity contribution in [2.24, 2.45) is 0 Å². The van der Waals surface area contributed by atoms with Crippen LogP contribution in [-0.4, -0.2) is 33.7 Å². The van der Waals surface area contributed by atoms with Crippen LogP contribution in [0.2, 0.25) is 0 Å². The minimum Gasteiger partial charge on any atom is -0.507 e. The number of nitro benzene ring substituents is 1. The fourth-order valence-corrected chi connectivity index (χ4v) is 3.68. The number of nitrogens with zero attached hydrogens (tertiary/aromatic N) is 2. The van der Waals surface area contributed by atoms with E-state index in [-0.39, 0.29) is 29.1 Å². The van der Waals surface area contributed by atoms with Crippen LogP contribution >= 0.6 is 0 Å². The van der Waals surface area contributed by atoms with E-state index in [0.29, 0.717) is 11.3 Å². The van der Waals surface area contributed by atoms with Gasteiger partial charge < -0.3 is 19.2 Å². The van der Waals surface area contributed by atoms with Crippen molar-refractivity contribution >= 4 is 23.1 Å². The van der Waals surface area contributed by atoms with Crippen molar-refractivity contribution in [2.45, 2.75) is 12.6 Å². The van der Waals surface area contributed by atoms with Gasteiger partial charge in [-0.05, 0) is 29.8 Å². The summed E-state index contributed by atoms with van der Waals surface area (Å²) in [6, 6.07) is 14.4. The van der Waals surface area contributed by atoms with E-state index in [2.05, 4.69) is 0 Å². The van der Waals surface area contributed by atoms with Crippen molar-refractivity contribution in [2.75, 3.05) is 7.11 Å². The quantitative estimate of drug-likeness (QED) is 0.206. The maximum Gasteiger partial charge on any atom is 0.296 e. The number of furan rings is 1. The molecule has 0 spiro atoms. The van der Waals surface area contributed by atoms with Gasteiger partial charge in [0, 0.05) is 24.2 Å². The van der Waals surface area contributed by atoms with Crippen molar-refractivity contribution in [1.82, 2.24) is 4.90 Å². The van der Waals surface area contributed by atoms with Gasteiger partial charge in [0.15, 0.2) is 0 Å². The number of hydrogen-bond acceptors (Lipinski definition) is 7. The largest absolute Gasteiger partial charge is 0.507 e. The lowest BCUT2D eigenvalue weighted by Gasteiger charge is -2.23. The number of ketones is 1. The topological polar surface area (TPSA) is 123 Å². The van der Waals surface area contributed by atoms with E-state index >= 15 is 0 Å². The van der Waals surface area contributed by atoms with Gasteiger partial charge in [-0.25, -0.2) is 0 Å². The average Bonchev–Trinajstić information content (AvgIpc) is 3.41. The number of benzene rings is 2. The van der Waals surface area contributed by atoms with Gasteiger partial charge in [0.25, 0.3) is 17.4 Å². The fourth-order valence-electron chi connectivity index (χ4n) is 3.68. The van der Waals surface area contributed by atoms with E-state index < -0.39 is 28.4 Å². The normalized spacial score (nSPS) is 17.5. The number of non-ortho nitro benzene ring substituents is 1. The highest BCUT2D eigenvalue weighted by Gasteiger charge is 2.47. The highest BCUT2D eigenvalue weighted by molar-refractivity contribution is 6.46. The van der Waals surface area contributed by atoms with Gasteiger partial charge in [-0.15, -0.1) is 0 Å². The fraction of sp³-hybridized carbons (Fsp3) is 0.130. The van der Waals surface area contributed by atoms with Gasteiger partial charge >= 0.3 is 0 Å². The van der Waals surface area contributed by atoms with Crippen molar-refractivity contribution in [3.63, 3.8) is 0 Å². The predicted octanol–water partition coefficient (Wildman–Crippen LogP) is 3.82. The Balaban J connectivity index is 1.82. The van der Waals surface area contributed by atoms with Crippen LogP contribution in [0.25, 0.3) is 5.76 Å². The summed E-state index contributed by atoms with van der Waals surface area (Å²) in [6.07, 6.45) is 1.40. The Morgan fingerprint density at radius 3 is 2.62 bits per heavy atom. The van der Waals surface area contributed by atoms with Crippen LogP contribution in [0.15, 0.2) is 76.9 Å². The summed E-state index contributed by atoms with van der Waals surface area (Å²) in [5, 5.41) is 22.1. The van der Waals surface area contributed by atoms with Gasteiger partial charge in [-0.3, -0.25) is 19.7 Å². The van der Waals surface area contributed by atoms with Gasteiger partial charge in [-0.1, -0.05) is 24.3 Å². The maximum atomic E-state index is 13.0. The minimum absolute atomic E-state index is 0.0511. The Bertz CT molecular complexity index is 1230. The monoisotopic (exact) mass is 434 g/mol. The van der Waals surface area contributed by atoms with Gasteiger partial charge in [0.05, 0.1) is 23.9 Å². The second-order valence-electron chi connectivity index (χ2n) is 7.10. The highest BCUT2D eigenvalue weighted by Crippen LogP contribution is 2.40. The van der Waals surface area contributed by atoms with Crippen molar-refractivity contribution < 1.29 is 28.8 Å². The first-order valence-corrected chi connectivity index (χ1v) is 9.60. The maximum absolute atomic E-state index is 13.0. The summed E-state index contributed by atoms with van der Waals surface area (Å²) in [5.41, 5.74) is 0.302. The number of Topliss-reactive ketones (excluding diaryl/α,β-unsaturated/α-hetero) is 1. The second-order valence-corrected chi connectivity index (χ2v) is 7.10. The second kappa shape index (κ2) is 8.38. The number of aliphatic hydroxyl groups is 1. The van der Waals surface area contributed by atoms with Crippen LogP contribution in [0.5, 0.6) is 5.75 Å². The first kappa shape index (κ1) is 20.9. The summed E-state index contributed by atoms with van der Waals surface area (Å²) < 4.78 is 10.7. The third-order valence-corrected chi connectivity index (χ3v) is 5.17. The summed E-state index contributed by atoms with van der Waals surface area (Å²) in [4.78, 5) is 37.7. The van der Waals surface area contributed by atoms with Crippen LogP contribution in [-0.2, 0) is 16.1 Å². The molecule has 1 unspecified atom stereocenters. The molecule has 4 rings (SSSR count). The van der Waals surface area contributed by atoms with E-state index in [1.807, 2.05) is 0 Å². The Labute approximate surface area is 182 Å². The van der Waals surface area contributed by atoms with Gasteiger partial charge in [-0.2, -0.15) is 0 Å². The molecule has 3 aromatic rings. The van der Waals surface area contributed by atoms with Crippen molar-refractivity contribution in [3.8, 4) is 5.75 Å². The molecule has 1 aliphatic heterocycles. The molecule has 1 fully saturated rings. The molecule has 2 heterocycles. The lowest BCUT2D eigenvalue weighted by Crippen LogP contribution is -2.29. The van der Waals surface area contributed by atoms with E-state index in [0.717, 1.165) is 6.07 Å². The van der Waals surface area contributed by atoms with Crippen LogP contribution in [0.3, 0.4) is 0 Å². The molecular weight excluding hydrogens is 416 g/mol. The molecule has 1 amide bonds. The van der Waals surface area contributed by atoms with Crippen LogP contribution in [0.4, 0.5) is 5.69 Å². The zero-order valence-electron chi connectivity index (χ0n) is 16.9. The Hall–Kier alpha value is -4.40. The number of amides is 1. The molecule has 1 N–H and O–H groups in total. The molecule has 9 heteroatoms. The zero-order chi connectivity index (χ0) is 22.8. The van der Waals surface area contributed by atoms with Crippen molar-refractivity contribution in [1.29, 1.82) is 0 Å². The minimum atomic E-state index is -1.00. The lowest BCUT2D eigenvalue weighted by molar-refractivity contribution is -0.384. The first-order valence-electron chi connectivity index (χ1n) is 9.60. The number of methoxy groups -OCH3 is 1. The molecule has 162 valence electrons. The molecule has 1 saturated heterocycles.